The molecule has 0 amide bonds. The van der Waals surface area contributed by atoms with Gasteiger partial charge >= 0.3 is 0 Å². The van der Waals surface area contributed by atoms with Gasteiger partial charge in [0, 0.05) is 12.6 Å². The number of aliphatic hydroxyl groups excluding tert-OH is 1. The molecule has 0 saturated heterocycles. The maximum absolute atomic E-state index is 9.11. The molecule has 2 rings (SSSR count). The van der Waals surface area contributed by atoms with Crippen LogP contribution in [0.5, 0.6) is 0 Å². The summed E-state index contributed by atoms with van der Waals surface area (Å²) >= 11 is 11.9. The molecule has 0 fully saturated rings. The van der Waals surface area contributed by atoms with Crippen molar-refractivity contribution < 1.29 is 5.11 Å². The van der Waals surface area contributed by atoms with Crippen molar-refractivity contribution >= 4 is 23.2 Å². The molecule has 0 aliphatic carbocycles. The second-order valence-corrected chi connectivity index (χ2v) is 5.24. The first-order valence-corrected chi connectivity index (χ1v) is 7.10. The van der Waals surface area contributed by atoms with Crippen LogP contribution in [0.4, 0.5) is 0 Å². The Morgan fingerprint density at radius 1 is 1.35 bits per heavy atom. The van der Waals surface area contributed by atoms with Gasteiger partial charge in [0.25, 0.3) is 0 Å². The van der Waals surface area contributed by atoms with Crippen molar-refractivity contribution in [2.45, 2.75) is 25.9 Å². The molecule has 2 aromatic rings. The van der Waals surface area contributed by atoms with E-state index in [2.05, 4.69) is 15.6 Å². The number of nitrogens with one attached hydrogen (secondary N) is 1. The van der Waals surface area contributed by atoms with Crippen molar-refractivity contribution in [2.24, 2.45) is 0 Å². The molecule has 0 aliphatic rings. The van der Waals surface area contributed by atoms with Crippen LogP contribution < -0.4 is 5.32 Å². The van der Waals surface area contributed by atoms with E-state index in [1.807, 2.05) is 19.2 Å². The highest BCUT2D eigenvalue weighted by Crippen LogP contribution is 2.24. The average Bonchev–Trinajstić information content (AvgIpc) is 2.92. The van der Waals surface area contributed by atoms with Gasteiger partial charge in [0.15, 0.2) is 0 Å². The number of aromatic nitrogens is 3. The molecule has 0 spiro atoms. The Hall–Kier alpha value is -1.14. The van der Waals surface area contributed by atoms with Crippen LogP contribution in [0.15, 0.2) is 24.4 Å². The molecule has 0 aliphatic heterocycles. The molecular weight excluding hydrogens is 299 g/mol. The summed E-state index contributed by atoms with van der Waals surface area (Å²) in [5.41, 5.74) is 1.59. The van der Waals surface area contributed by atoms with Gasteiger partial charge < -0.3 is 10.4 Å². The van der Waals surface area contributed by atoms with Gasteiger partial charge in [-0.25, -0.2) is 4.68 Å². The van der Waals surface area contributed by atoms with Crippen LogP contribution in [0.3, 0.4) is 0 Å². The Morgan fingerprint density at radius 3 is 2.80 bits per heavy atom. The molecule has 108 valence electrons. The zero-order valence-electron chi connectivity index (χ0n) is 11.1. The van der Waals surface area contributed by atoms with E-state index >= 15 is 0 Å². The summed E-state index contributed by atoms with van der Waals surface area (Å²) in [4.78, 5) is 0. The molecule has 1 unspecified atom stereocenters. The molecule has 0 radical (unpaired) electrons. The maximum Gasteiger partial charge on any atom is 0.0969 e. The second kappa shape index (κ2) is 7.04. The molecule has 1 atom stereocenters. The third-order valence-electron chi connectivity index (χ3n) is 2.99. The van der Waals surface area contributed by atoms with Crippen molar-refractivity contribution in [2.75, 3.05) is 6.61 Å². The van der Waals surface area contributed by atoms with Gasteiger partial charge in [0.1, 0.15) is 0 Å². The van der Waals surface area contributed by atoms with E-state index < -0.39 is 0 Å². The molecule has 0 saturated carbocycles. The van der Waals surface area contributed by atoms with E-state index in [1.165, 1.54) is 0 Å². The number of benzene rings is 1. The van der Waals surface area contributed by atoms with Crippen molar-refractivity contribution in [3.63, 3.8) is 0 Å². The standard InChI is InChI=1S/C13H16Cl2N4O/c1-2-9(8-20)16-6-10-7-19(18-17-10)11-3-4-12(14)13(15)5-11/h3-5,7,9,16,20H,2,6,8H2,1H3. The highest BCUT2D eigenvalue weighted by molar-refractivity contribution is 6.42. The van der Waals surface area contributed by atoms with Crippen molar-refractivity contribution in [3.8, 4) is 5.69 Å². The Balaban J connectivity index is 2.06. The van der Waals surface area contributed by atoms with Crippen molar-refractivity contribution in [1.82, 2.24) is 20.3 Å². The zero-order valence-corrected chi connectivity index (χ0v) is 12.6. The van der Waals surface area contributed by atoms with Gasteiger partial charge in [-0.3, -0.25) is 0 Å². The molecule has 1 aromatic carbocycles. The highest BCUT2D eigenvalue weighted by Gasteiger charge is 2.08. The summed E-state index contributed by atoms with van der Waals surface area (Å²) in [6.45, 7) is 2.68. The summed E-state index contributed by atoms with van der Waals surface area (Å²) in [5.74, 6) is 0. The van der Waals surface area contributed by atoms with E-state index in [1.54, 1.807) is 16.8 Å². The number of aliphatic hydroxyl groups is 1. The normalized spacial score (nSPS) is 12.6. The predicted molar refractivity (Wildman–Crippen MR) is 79.4 cm³/mol. The quantitative estimate of drug-likeness (QED) is 0.859. The minimum absolute atomic E-state index is 0.0742. The third-order valence-corrected chi connectivity index (χ3v) is 3.73. The largest absolute Gasteiger partial charge is 0.395 e. The minimum atomic E-state index is 0.0742. The highest BCUT2D eigenvalue weighted by atomic mass is 35.5. The van der Waals surface area contributed by atoms with Crippen LogP contribution >= 0.6 is 23.2 Å². The van der Waals surface area contributed by atoms with Gasteiger partial charge in [0.05, 0.1) is 34.2 Å². The van der Waals surface area contributed by atoms with E-state index in [-0.39, 0.29) is 12.6 Å². The molecule has 1 heterocycles. The first-order chi connectivity index (χ1) is 9.63. The van der Waals surface area contributed by atoms with E-state index in [9.17, 15) is 0 Å². The fraction of sp³-hybridized carbons (Fsp3) is 0.385. The van der Waals surface area contributed by atoms with Gasteiger partial charge in [-0.15, -0.1) is 5.10 Å². The van der Waals surface area contributed by atoms with Crippen LogP contribution in [0.1, 0.15) is 19.0 Å². The van der Waals surface area contributed by atoms with E-state index in [4.69, 9.17) is 28.3 Å². The zero-order chi connectivity index (χ0) is 14.5. The van der Waals surface area contributed by atoms with Crippen LogP contribution in [0, 0.1) is 0 Å². The topological polar surface area (TPSA) is 63.0 Å². The molecule has 2 N–H and O–H groups in total. The van der Waals surface area contributed by atoms with Crippen molar-refractivity contribution in [3.05, 3.63) is 40.1 Å². The SMILES string of the molecule is CCC(CO)NCc1cn(-c2ccc(Cl)c(Cl)c2)nn1. The van der Waals surface area contributed by atoms with E-state index in [0.717, 1.165) is 17.8 Å². The Kier molecular flexibility index (Phi) is 5.37. The molecule has 1 aromatic heterocycles. The van der Waals surface area contributed by atoms with Crippen LogP contribution in [0.25, 0.3) is 5.69 Å². The fourth-order valence-electron chi connectivity index (χ4n) is 1.72. The van der Waals surface area contributed by atoms with Crippen LogP contribution in [0.2, 0.25) is 10.0 Å². The van der Waals surface area contributed by atoms with Gasteiger partial charge in [-0.1, -0.05) is 35.3 Å². The number of hydrogen-bond donors (Lipinski definition) is 2. The fourth-order valence-corrected chi connectivity index (χ4v) is 2.01. The number of hydrogen-bond acceptors (Lipinski definition) is 4. The predicted octanol–water partition coefficient (Wildman–Crippen LogP) is 2.43. The third kappa shape index (κ3) is 3.70. The van der Waals surface area contributed by atoms with Crippen LogP contribution in [-0.4, -0.2) is 32.7 Å². The summed E-state index contributed by atoms with van der Waals surface area (Å²) in [6.07, 6.45) is 2.67. The monoisotopic (exact) mass is 314 g/mol. The second-order valence-electron chi connectivity index (χ2n) is 4.42. The first kappa shape index (κ1) is 15.3. The smallest absolute Gasteiger partial charge is 0.0969 e. The van der Waals surface area contributed by atoms with E-state index in [0.29, 0.717) is 16.6 Å². The van der Waals surface area contributed by atoms with Crippen LogP contribution in [-0.2, 0) is 6.54 Å². The summed E-state index contributed by atoms with van der Waals surface area (Å²) in [7, 11) is 0. The Morgan fingerprint density at radius 2 is 2.15 bits per heavy atom. The Bertz CT molecular complexity index is 569. The average molecular weight is 315 g/mol. The first-order valence-electron chi connectivity index (χ1n) is 6.35. The van der Waals surface area contributed by atoms with Gasteiger partial charge in [0.2, 0.25) is 0 Å². The maximum atomic E-state index is 9.11. The number of rotatable bonds is 6. The summed E-state index contributed by atoms with van der Waals surface area (Å²) in [5, 5.41) is 21.4. The number of nitrogens with zero attached hydrogens (tertiary/aromatic N) is 3. The molecule has 0 bridgehead atoms. The summed E-state index contributed by atoms with van der Waals surface area (Å²) in [6, 6.07) is 5.35. The molecule has 7 heteroatoms. The minimum Gasteiger partial charge on any atom is -0.395 e. The Labute approximate surface area is 127 Å². The lowest BCUT2D eigenvalue weighted by Crippen LogP contribution is -2.31. The lowest BCUT2D eigenvalue weighted by Gasteiger charge is -2.11. The van der Waals surface area contributed by atoms with Crippen molar-refractivity contribution in [1.29, 1.82) is 0 Å². The number of halogens is 2. The molecular formula is C13H16Cl2N4O. The lowest BCUT2D eigenvalue weighted by atomic mass is 10.2. The summed E-state index contributed by atoms with van der Waals surface area (Å²) < 4.78 is 1.64. The van der Waals surface area contributed by atoms with Gasteiger partial charge in [-0.05, 0) is 24.6 Å². The van der Waals surface area contributed by atoms with Gasteiger partial charge in [-0.2, -0.15) is 0 Å². The molecule has 5 nitrogen and oxygen atoms in total. The lowest BCUT2D eigenvalue weighted by molar-refractivity contribution is 0.238. The molecule has 20 heavy (non-hydrogen) atoms.